The van der Waals surface area contributed by atoms with E-state index >= 15 is 0 Å². The van der Waals surface area contributed by atoms with Crippen LogP contribution in [-0.2, 0) is 14.3 Å². The minimum Gasteiger partial charge on any atom is -0.270 e. The highest BCUT2D eigenvalue weighted by Crippen LogP contribution is 2.16. The number of unbranched alkanes of at least 4 members (excludes halogenated alkanes) is 23. The molecule has 0 radical (unpaired) electrons. The van der Waals surface area contributed by atoms with E-state index in [4.69, 9.17) is 4.18 Å². The van der Waals surface area contributed by atoms with Crippen LogP contribution in [0.3, 0.4) is 0 Å². The topological polar surface area (TPSA) is 43.4 Å². The van der Waals surface area contributed by atoms with Crippen molar-refractivity contribution < 1.29 is 21.4 Å². The van der Waals surface area contributed by atoms with Crippen molar-refractivity contribution in [1.82, 2.24) is 0 Å². The summed E-state index contributed by atoms with van der Waals surface area (Å²) in [6.45, 7) is 2.19. The van der Waals surface area contributed by atoms with Crippen LogP contribution in [0, 0.1) is 0 Å². The highest BCUT2D eigenvalue weighted by atomic mass is 32.2. The Hall–Kier alpha value is -0.230. The van der Waals surface area contributed by atoms with Gasteiger partial charge in [-0.2, -0.15) is 8.42 Å². The zero-order valence-corrected chi connectivity index (χ0v) is 25.3. The van der Waals surface area contributed by atoms with Crippen molar-refractivity contribution in [3.63, 3.8) is 0 Å². The molecule has 37 heavy (non-hydrogen) atoms. The first-order valence-corrected chi connectivity index (χ1v) is 17.7. The molecule has 0 rings (SSSR count). The smallest absolute Gasteiger partial charge is 0.270 e. The molecule has 0 aliphatic rings. The molecule has 1 unspecified atom stereocenters. The number of halogens is 2. The minimum atomic E-state index is -3.77. The van der Waals surface area contributed by atoms with Gasteiger partial charge in [-0.3, -0.25) is 8.57 Å². The fraction of sp³-hybridized carbons (Fsp3) is 1.00. The highest BCUT2D eigenvalue weighted by molar-refractivity contribution is 7.86. The summed E-state index contributed by atoms with van der Waals surface area (Å²) in [4.78, 5) is 0. The molecule has 0 heterocycles. The molecule has 0 aliphatic heterocycles. The summed E-state index contributed by atoms with van der Waals surface area (Å²) >= 11 is 0. The van der Waals surface area contributed by atoms with Gasteiger partial charge < -0.3 is 0 Å². The number of alkyl halides is 2. The molecule has 224 valence electrons. The zero-order valence-electron chi connectivity index (χ0n) is 24.5. The third-order valence-corrected chi connectivity index (χ3v) is 8.59. The van der Waals surface area contributed by atoms with Gasteiger partial charge in [-0.1, -0.05) is 155 Å². The first kappa shape index (κ1) is 36.8. The largest absolute Gasteiger partial charge is 0.270 e. The molecule has 0 spiro atoms. The van der Waals surface area contributed by atoms with E-state index in [1.54, 1.807) is 0 Å². The van der Waals surface area contributed by atoms with E-state index in [1.807, 2.05) is 0 Å². The molecule has 3 nitrogen and oxygen atoms in total. The Labute approximate surface area is 230 Å². The van der Waals surface area contributed by atoms with Crippen LogP contribution in [0.15, 0.2) is 0 Å². The summed E-state index contributed by atoms with van der Waals surface area (Å²) in [7, 11) is -3.77. The van der Waals surface area contributed by atoms with Crippen molar-refractivity contribution in [2.45, 2.75) is 180 Å². The molecular weight excluding hydrogens is 490 g/mol. The second kappa shape index (κ2) is 28.8. The monoisotopic (exact) mass is 552 g/mol. The predicted octanol–water partition coefficient (Wildman–Crippen LogP) is 10.8. The summed E-state index contributed by atoms with van der Waals surface area (Å²) < 4.78 is 55.0. The second-order valence-corrected chi connectivity index (χ2v) is 12.8. The predicted molar refractivity (Wildman–Crippen MR) is 156 cm³/mol. The SMILES string of the molecule is CCCCCCCCCCCCCCCCCCCCOS(=O)(=O)CC(F)CCCCCCCCCF. The standard InChI is InChI=1S/C31H62F2O3S/c1-2-3-4-5-6-7-8-9-10-11-12-13-14-15-16-20-23-26-29-36-37(34,35)30-31(33)27-24-21-18-17-19-22-25-28-32/h31H,2-30H2,1H3. The normalized spacial score (nSPS) is 12.8. The maximum absolute atomic E-state index is 14.0. The van der Waals surface area contributed by atoms with Crippen molar-refractivity contribution in [1.29, 1.82) is 0 Å². The zero-order chi connectivity index (χ0) is 27.3. The van der Waals surface area contributed by atoms with E-state index in [9.17, 15) is 17.2 Å². The lowest BCUT2D eigenvalue weighted by Crippen LogP contribution is -2.20. The Bertz CT molecular complexity index is 543. The molecule has 0 bridgehead atoms. The average Bonchev–Trinajstić information content (AvgIpc) is 2.86. The Kier molecular flexibility index (Phi) is 28.6. The summed E-state index contributed by atoms with van der Waals surface area (Å²) in [5.74, 6) is -0.525. The molecule has 0 N–H and O–H groups in total. The number of hydrogen-bond donors (Lipinski definition) is 0. The third-order valence-electron chi connectivity index (χ3n) is 7.30. The summed E-state index contributed by atoms with van der Waals surface area (Å²) in [5.41, 5.74) is 0. The summed E-state index contributed by atoms with van der Waals surface area (Å²) in [5, 5.41) is 0. The van der Waals surface area contributed by atoms with Crippen LogP contribution < -0.4 is 0 Å². The van der Waals surface area contributed by atoms with Gasteiger partial charge in [0.15, 0.2) is 0 Å². The van der Waals surface area contributed by atoms with Gasteiger partial charge in [0.05, 0.1) is 13.3 Å². The van der Waals surface area contributed by atoms with Crippen LogP contribution >= 0.6 is 0 Å². The van der Waals surface area contributed by atoms with Gasteiger partial charge in [-0.05, 0) is 19.3 Å². The molecule has 0 saturated heterocycles. The van der Waals surface area contributed by atoms with Crippen molar-refractivity contribution in [3.8, 4) is 0 Å². The van der Waals surface area contributed by atoms with Gasteiger partial charge in [0.2, 0.25) is 0 Å². The fourth-order valence-corrected chi connectivity index (χ4v) is 5.96. The van der Waals surface area contributed by atoms with Crippen LogP contribution in [0.2, 0.25) is 0 Å². The highest BCUT2D eigenvalue weighted by Gasteiger charge is 2.19. The Morgan fingerprint density at radius 3 is 1.30 bits per heavy atom. The van der Waals surface area contributed by atoms with Gasteiger partial charge in [-0.25, -0.2) is 4.39 Å². The molecule has 1 atom stereocenters. The van der Waals surface area contributed by atoms with Crippen molar-refractivity contribution in [3.05, 3.63) is 0 Å². The number of hydrogen-bond acceptors (Lipinski definition) is 3. The minimum absolute atomic E-state index is 0.173. The van der Waals surface area contributed by atoms with Gasteiger partial charge >= 0.3 is 0 Å². The quantitative estimate of drug-likeness (QED) is 0.0634. The summed E-state index contributed by atoms with van der Waals surface area (Å²) in [6.07, 6.45) is 28.4. The van der Waals surface area contributed by atoms with E-state index in [0.717, 1.165) is 51.4 Å². The average molecular weight is 553 g/mol. The van der Waals surface area contributed by atoms with Gasteiger partial charge in [0.1, 0.15) is 11.9 Å². The van der Waals surface area contributed by atoms with E-state index in [2.05, 4.69) is 6.92 Å². The maximum atomic E-state index is 14.0. The molecule has 0 saturated carbocycles. The molecular formula is C31H62F2O3S. The van der Waals surface area contributed by atoms with E-state index in [-0.39, 0.29) is 19.7 Å². The van der Waals surface area contributed by atoms with E-state index in [1.165, 1.54) is 96.3 Å². The van der Waals surface area contributed by atoms with Crippen molar-refractivity contribution in [2.24, 2.45) is 0 Å². The Morgan fingerprint density at radius 1 is 0.541 bits per heavy atom. The van der Waals surface area contributed by atoms with Crippen molar-refractivity contribution >= 4 is 10.1 Å². The molecule has 0 aromatic heterocycles. The van der Waals surface area contributed by atoms with Crippen LogP contribution in [0.4, 0.5) is 8.78 Å². The summed E-state index contributed by atoms with van der Waals surface area (Å²) in [6, 6.07) is 0. The van der Waals surface area contributed by atoms with Crippen molar-refractivity contribution in [2.75, 3.05) is 19.0 Å². The first-order chi connectivity index (χ1) is 18.0. The second-order valence-electron chi connectivity index (χ2n) is 11.1. The molecule has 0 aliphatic carbocycles. The van der Waals surface area contributed by atoms with Gasteiger partial charge in [0.25, 0.3) is 10.1 Å². The number of rotatable bonds is 31. The van der Waals surface area contributed by atoms with E-state index < -0.39 is 22.0 Å². The lowest BCUT2D eigenvalue weighted by atomic mass is 10.0. The molecule has 6 heteroatoms. The van der Waals surface area contributed by atoms with Gasteiger partial charge in [-0.15, -0.1) is 0 Å². The maximum Gasteiger partial charge on any atom is 0.270 e. The Morgan fingerprint density at radius 2 is 0.892 bits per heavy atom. The Balaban J connectivity index is 3.37. The van der Waals surface area contributed by atoms with Crippen LogP contribution in [0.5, 0.6) is 0 Å². The van der Waals surface area contributed by atoms with Crippen LogP contribution in [0.1, 0.15) is 174 Å². The molecule has 0 aromatic carbocycles. The lowest BCUT2D eigenvalue weighted by molar-refractivity contribution is 0.284. The van der Waals surface area contributed by atoms with Crippen LogP contribution in [-0.4, -0.2) is 33.6 Å². The first-order valence-electron chi connectivity index (χ1n) is 16.1. The lowest BCUT2D eigenvalue weighted by Gasteiger charge is -2.10. The third kappa shape index (κ3) is 30.2. The molecule has 0 amide bonds. The van der Waals surface area contributed by atoms with E-state index in [0.29, 0.717) is 12.8 Å². The van der Waals surface area contributed by atoms with Crippen LogP contribution in [0.25, 0.3) is 0 Å². The van der Waals surface area contributed by atoms with Gasteiger partial charge in [0, 0.05) is 0 Å². The molecule has 0 aromatic rings. The fourth-order valence-electron chi connectivity index (χ4n) is 4.89. The molecule has 0 fully saturated rings.